The normalized spacial score (nSPS) is 21.2. The molecule has 1 aromatic carbocycles. The zero-order valence-corrected chi connectivity index (χ0v) is 11.1. The molecule has 1 fully saturated rings. The molecule has 0 amide bonds. The Balaban J connectivity index is 2.18. The van der Waals surface area contributed by atoms with E-state index in [1.54, 1.807) is 18.2 Å². The maximum absolute atomic E-state index is 12.0. The van der Waals surface area contributed by atoms with Crippen molar-refractivity contribution in [1.82, 2.24) is 0 Å². The predicted octanol–water partition coefficient (Wildman–Crippen LogP) is 2.40. The Morgan fingerprint density at radius 3 is 2.88 bits per heavy atom. The highest BCUT2D eigenvalue weighted by Gasteiger charge is 2.24. The number of sulfone groups is 1. The standard InChI is InChI=1S/C11H13BrO3S/c12-9-3-1-5-11(7-9)16(13,14)8-10-4-2-6-15-10/h1,3,5,7,10H,2,4,6,8H2/t10-/m0/s1. The van der Waals surface area contributed by atoms with Crippen molar-refractivity contribution >= 4 is 25.8 Å². The van der Waals surface area contributed by atoms with Crippen molar-refractivity contribution in [2.75, 3.05) is 12.4 Å². The molecule has 0 radical (unpaired) electrons. The maximum Gasteiger partial charge on any atom is 0.180 e. The molecule has 0 bridgehead atoms. The minimum atomic E-state index is -3.22. The Labute approximate surface area is 104 Å². The second-order valence-electron chi connectivity index (χ2n) is 3.87. The van der Waals surface area contributed by atoms with Crippen LogP contribution in [0, 0.1) is 0 Å². The van der Waals surface area contributed by atoms with Crippen molar-refractivity contribution in [2.45, 2.75) is 23.8 Å². The molecule has 1 aromatic rings. The lowest BCUT2D eigenvalue weighted by Gasteiger charge is -2.10. The molecule has 2 rings (SSSR count). The molecule has 5 heteroatoms. The highest BCUT2D eigenvalue weighted by Crippen LogP contribution is 2.21. The van der Waals surface area contributed by atoms with Crippen LogP contribution in [0.2, 0.25) is 0 Å². The van der Waals surface area contributed by atoms with Crippen molar-refractivity contribution in [3.05, 3.63) is 28.7 Å². The van der Waals surface area contributed by atoms with E-state index in [1.807, 2.05) is 6.07 Å². The quantitative estimate of drug-likeness (QED) is 0.861. The molecule has 0 unspecified atom stereocenters. The third-order valence-corrected chi connectivity index (χ3v) is 4.86. The Bertz CT molecular complexity index is 464. The smallest absolute Gasteiger partial charge is 0.180 e. The van der Waals surface area contributed by atoms with Crippen molar-refractivity contribution in [1.29, 1.82) is 0 Å². The zero-order valence-electron chi connectivity index (χ0n) is 8.73. The first-order valence-electron chi connectivity index (χ1n) is 5.18. The van der Waals surface area contributed by atoms with Gasteiger partial charge in [0, 0.05) is 11.1 Å². The highest BCUT2D eigenvalue weighted by molar-refractivity contribution is 9.10. The monoisotopic (exact) mass is 304 g/mol. The molecule has 0 aromatic heterocycles. The average Bonchev–Trinajstić information content (AvgIpc) is 2.70. The van der Waals surface area contributed by atoms with E-state index in [4.69, 9.17) is 4.74 Å². The highest BCUT2D eigenvalue weighted by atomic mass is 79.9. The third-order valence-electron chi connectivity index (χ3n) is 2.58. The van der Waals surface area contributed by atoms with Gasteiger partial charge in [-0.05, 0) is 31.0 Å². The van der Waals surface area contributed by atoms with Gasteiger partial charge in [-0.1, -0.05) is 22.0 Å². The summed E-state index contributed by atoms with van der Waals surface area (Å²) in [5, 5.41) is 0. The van der Waals surface area contributed by atoms with Crippen LogP contribution in [0.1, 0.15) is 12.8 Å². The van der Waals surface area contributed by atoms with Crippen LogP contribution < -0.4 is 0 Å². The molecule has 88 valence electrons. The van der Waals surface area contributed by atoms with E-state index in [0.717, 1.165) is 17.3 Å². The molecule has 0 spiro atoms. The topological polar surface area (TPSA) is 43.4 Å². The summed E-state index contributed by atoms with van der Waals surface area (Å²) in [6.07, 6.45) is 1.66. The van der Waals surface area contributed by atoms with Gasteiger partial charge in [-0.25, -0.2) is 8.42 Å². The third kappa shape index (κ3) is 2.84. The predicted molar refractivity (Wildman–Crippen MR) is 65.2 cm³/mol. The summed E-state index contributed by atoms with van der Waals surface area (Å²) in [6, 6.07) is 6.79. The summed E-state index contributed by atoms with van der Waals surface area (Å²) in [6.45, 7) is 0.679. The fraction of sp³-hybridized carbons (Fsp3) is 0.455. The van der Waals surface area contributed by atoms with Crippen LogP contribution in [0.25, 0.3) is 0 Å². The summed E-state index contributed by atoms with van der Waals surface area (Å²) >= 11 is 3.27. The molecule has 0 aliphatic carbocycles. The molecule has 0 N–H and O–H groups in total. The Morgan fingerprint density at radius 1 is 1.44 bits per heavy atom. The zero-order chi connectivity index (χ0) is 11.6. The van der Waals surface area contributed by atoms with E-state index in [1.165, 1.54) is 0 Å². The van der Waals surface area contributed by atoms with Crippen LogP contribution in [0.5, 0.6) is 0 Å². The largest absolute Gasteiger partial charge is 0.377 e. The first kappa shape index (κ1) is 12.1. The van der Waals surface area contributed by atoms with Crippen LogP contribution >= 0.6 is 15.9 Å². The van der Waals surface area contributed by atoms with Gasteiger partial charge in [-0.15, -0.1) is 0 Å². The van der Waals surface area contributed by atoms with E-state index in [-0.39, 0.29) is 11.9 Å². The second-order valence-corrected chi connectivity index (χ2v) is 6.82. The van der Waals surface area contributed by atoms with E-state index in [2.05, 4.69) is 15.9 Å². The van der Waals surface area contributed by atoms with Crippen LogP contribution in [-0.4, -0.2) is 26.9 Å². The molecule has 1 aliphatic rings. The van der Waals surface area contributed by atoms with Crippen molar-refractivity contribution in [3.63, 3.8) is 0 Å². The summed E-state index contributed by atoms with van der Waals surface area (Å²) in [5.41, 5.74) is 0. The fourth-order valence-electron chi connectivity index (χ4n) is 1.78. The number of halogens is 1. The molecule has 3 nitrogen and oxygen atoms in total. The second kappa shape index (κ2) is 4.85. The van der Waals surface area contributed by atoms with Gasteiger partial charge in [0.15, 0.2) is 9.84 Å². The van der Waals surface area contributed by atoms with Crippen LogP contribution in [0.3, 0.4) is 0 Å². The van der Waals surface area contributed by atoms with E-state index < -0.39 is 9.84 Å². The molecule has 16 heavy (non-hydrogen) atoms. The molecule has 1 heterocycles. The van der Waals surface area contributed by atoms with Gasteiger partial charge < -0.3 is 4.74 Å². The number of hydrogen-bond donors (Lipinski definition) is 0. The number of hydrogen-bond acceptors (Lipinski definition) is 3. The molecule has 0 saturated carbocycles. The van der Waals surface area contributed by atoms with Gasteiger partial charge in [-0.3, -0.25) is 0 Å². The minimum absolute atomic E-state index is 0.0868. The first-order valence-corrected chi connectivity index (χ1v) is 7.62. The lowest BCUT2D eigenvalue weighted by Crippen LogP contribution is -2.20. The minimum Gasteiger partial charge on any atom is -0.377 e. The summed E-state index contributed by atoms with van der Waals surface area (Å²) in [4.78, 5) is 0.359. The van der Waals surface area contributed by atoms with Crippen molar-refractivity contribution in [3.8, 4) is 0 Å². The Kier molecular flexibility index (Phi) is 3.66. The van der Waals surface area contributed by atoms with Gasteiger partial charge >= 0.3 is 0 Å². The maximum atomic E-state index is 12.0. The summed E-state index contributed by atoms with van der Waals surface area (Å²) in [5.74, 6) is 0.0868. The van der Waals surface area contributed by atoms with Crippen LogP contribution in [-0.2, 0) is 14.6 Å². The van der Waals surface area contributed by atoms with Gasteiger partial charge in [0.25, 0.3) is 0 Å². The summed E-state index contributed by atoms with van der Waals surface area (Å²) < 4.78 is 30.2. The number of rotatable bonds is 3. The van der Waals surface area contributed by atoms with E-state index in [0.29, 0.717) is 11.5 Å². The van der Waals surface area contributed by atoms with Gasteiger partial charge in [-0.2, -0.15) is 0 Å². The molecule has 1 atom stereocenters. The molecule has 1 saturated heterocycles. The Morgan fingerprint density at radius 2 is 2.25 bits per heavy atom. The van der Waals surface area contributed by atoms with Gasteiger partial charge in [0.2, 0.25) is 0 Å². The summed E-state index contributed by atoms with van der Waals surface area (Å²) in [7, 11) is -3.22. The fourth-order valence-corrected chi connectivity index (χ4v) is 3.87. The van der Waals surface area contributed by atoms with E-state index >= 15 is 0 Å². The van der Waals surface area contributed by atoms with Crippen molar-refractivity contribution < 1.29 is 13.2 Å². The lowest BCUT2D eigenvalue weighted by atomic mass is 10.3. The number of ether oxygens (including phenoxy) is 1. The van der Waals surface area contributed by atoms with Gasteiger partial charge in [0.05, 0.1) is 16.8 Å². The first-order chi connectivity index (χ1) is 7.58. The Hall–Kier alpha value is -0.390. The van der Waals surface area contributed by atoms with Crippen LogP contribution in [0.4, 0.5) is 0 Å². The molecular weight excluding hydrogens is 292 g/mol. The van der Waals surface area contributed by atoms with Crippen LogP contribution in [0.15, 0.2) is 33.6 Å². The lowest BCUT2D eigenvalue weighted by molar-refractivity contribution is 0.127. The number of benzene rings is 1. The van der Waals surface area contributed by atoms with Gasteiger partial charge in [0.1, 0.15) is 0 Å². The average molecular weight is 305 g/mol. The SMILES string of the molecule is O=S(=O)(C[C@@H]1CCCO1)c1cccc(Br)c1. The van der Waals surface area contributed by atoms with E-state index in [9.17, 15) is 8.42 Å². The molecule has 1 aliphatic heterocycles. The molecular formula is C11H13BrO3S. The van der Waals surface area contributed by atoms with Crippen molar-refractivity contribution in [2.24, 2.45) is 0 Å².